The Bertz CT molecular complexity index is 488. The van der Waals surface area contributed by atoms with E-state index in [1.165, 1.54) is 18.2 Å². The molecule has 0 amide bonds. The molecule has 1 aromatic rings. The normalized spacial score (nSPS) is 11.6. The molecule has 0 aromatic heterocycles. The van der Waals surface area contributed by atoms with Gasteiger partial charge in [0.05, 0.1) is 10.5 Å². The Morgan fingerprint density at radius 2 is 2.26 bits per heavy atom. The molecule has 1 aromatic carbocycles. The van der Waals surface area contributed by atoms with E-state index in [9.17, 15) is 10.1 Å². The van der Waals surface area contributed by atoms with E-state index in [-0.39, 0.29) is 17.1 Å². The van der Waals surface area contributed by atoms with Crippen LogP contribution in [0.3, 0.4) is 0 Å². The molecule has 19 heavy (non-hydrogen) atoms. The number of nitro groups is 1. The summed E-state index contributed by atoms with van der Waals surface area (Å²) in [5.41, 5.74) is 5.52. The van der Waals surface area contributed by atoms with Gasteiger partial charge in [-0.25, -0.2) is 0 Å². The number of hydrogen-bond donors (Lipinski definition) is 2. The largest absolute Gasteiger partial charge is 0.491 e. The van der Waals surface area contributed by atoms with Crippen LogP contribution in [0.15, 0.2) is 23.4 Å². The van der Waals surface area contributed by atoms with E-state index in [1.54, 1.807) is 0 Å². The average Bonchev–Trinajstić information content (AvgIpc) is 2.37. The Morgan fingerprint density at radius 3 is 2.79 bits per heavy atom. The first-order valence-corrected chi connectivity index (χ1v) is 5.49. The van der Waals surface area contributed by atoms with E-state index in [0.717, 1.165) is 0 Å². The molecule has 0 fully saturated rings. The number of nitro benzene ring substituents is 1. The maximum absolute atomic E-state index is 10.7. The molecule has 0 radical (unpaired) electrons. The van der Waals surface area contributed by atoms with Gasteiger partial charge < -0.3 is 20.6 Å². The minimum absolute atomic E-state index is 0.151. The number of nitrogens with zero attached hydrogens (tertiary/aromatic N) is 3. The molecule has 0 unspecified atom stereocenters. The van der Waals surface area contributed by atoms with Crippen LogP contribution in [0.4, 0.5) is 5.69 Å². The third-order valence-electron chi connectivity index (χ3n) is 2.35. The summed E-state index contributed by atoms with van der Waals surface area (Å²) in [6.07, 6.45) is 0. The Kier molecular flexibility index (Phi) is 5.07. The number of hydrogen-bond acceptors (Lipinski definition) is 6. The van der Waals surface area contributed by atoms with E-state index in [0.29, 0.717) is 18.9 Å². The summed E-state index contributed by atoms with van der Waals surface area (Å²) in [6, 6.07) is 3.94. The van der Waals surface area contributed by atoms with Gasteiger partial charge in [0.15, 0.2) is 5.84 Å². The number of likely N-dealkylation sites (N-methyl/N-ethyl adjacent to an activating group) is 1. The van der Waals surface area contributed by atoms with Gasteiger partial charge in [0, 0.05) is 18.7 Å². The van der Waals surface area contributed by atoms with E-state index >= 15 is 0 Å². The molecular weight excluding hydrogens is 252 g/mol. The van der Waals surface area contributed by atoms with Crippen molar-refractivity contribution in [3.8, 4) is 5.75 Å². The third-order valence-corrected chi connectivity index (χ3v) is 2.35. The van der Waals surface area contributed by atoms with Crippen LogP contribution in [0.5, 0.6) is 5.75 Å². The highest BCUT2D eigenvalue weighted by Gasteiger charge is 2.15. The number of ether oxygens (including phenoxy) is 1. The first-order chi connectivity index (χ1) is 8.95. The van der Waals surface area contributed by atoms with Crippen LogP contribution < -0.4 is 10.5 Å². The summed E-state index contributed by atoms with van der Waals surface area (Å²) in [5, 5.41) is 22.2. The van der Waals surface area contributed by atoms with Gasteiger partial charge in [-0.2, -0.15) is 0 Å². The molecule has 0 aliphatic heterocycles. The van der Waals surface area contributed by atoms with Gasteiger partial charge in [0.2, 0.25) is 0 Å². The molecule has 3 N–H and O–H groups in total. The molecule has 0 atom stereocenters. The fraction of sp³-hybridized carbons (Fsp3) is 0.364. The SMILES string of the molecule is CN(C)CCOc1ccc([N+](=O)[O-])cc1C(N)=NO. The summed E-state index contributed by atoms with van der Waals surface area (Å²) in [7, 11) is 3.79. The third kappa shape index (κ3) is 4.11. The number of amidine groups is 1. The standard InChI is InChI=1S/C11H16N4O4/c1-14(2)5-6-19-10-4-3-8(15(17)18)7-9(10)11(12)13-16/h3-4,7,16H,5-6H2,1-2H3,(H2,12,13). The summed E-state index contributed by atoms with van der Waals surface area (Å²) in [4.78, 5) is 12.1. The zero-order valence-electron chi connectivity index (χ0n) is 10.7. The molecule has 0 aliphatic carbocycles. The van der Waals surface area contributed by atoms with E-state index in [4.69, 9.17) is 15.7 Å². The van der Waals surface area contributed by atoms with Gasteiger partial charge in [-0.05, 0) is 20.2 Å². The van der Waals surface area contributed by atoms with Gasteiger partial charge in [0.25, 0.3) is 5.69 Å². The quantitative estimate of drug-likeness (QED) is 0.257. The molecule has 0 bridgehead atoms. The fourth-order valence-corrected chi connectivity index (χ4v) is 1.35. The Labute approximate surface area is 110 Å². The highest BCUT2D eigenvalue weighted by molar-refractivity contribution is 6.00. The zero-order chi connectivity index (χ0) is 14.4. The Balaban J connectivity index is 2.99. The van der Waals surface area contributed by atoms with Gasteiger partial charge >= 0.3 is 0 Å². The van der Waals surface area contributed by atoms with Crippen molar-refractivity contribution in [2.75, 3.05) is 27.2 Å². The Morgan fingerprint density at radius 1 is 1.58 bits per heavy atom. The van der Waals surface area contributed by atoms with Crippen LogP contribution >= 0.6 is 0 Å². The van der Waals surface area contributed by atoms with Crippen LogP contribution in [0.2, 0.25) is 0 Å². The van der Waals surface area contributed by atoms with Crippen molar-refractivity contribution in [1.82, 2.24) is 4.90 Å². The minimum atomic E-state index is -0.558. The lowest BCUT2D eigenvalue weighted by Gasteiger charge is -2.13. The molecule has 8 heteroatoms. The van der Waals surface area contributed by atoms with E-state index < -0.39 is 4.92 Å². The van der Waals surface area contributed by atoms with Crippen LogP contribution in [-0.4, -0.2) is 48.1 Å². The van der Waals surface area contributed by atoms with Crippen molar-refractivity contribution in [2.24, 2.45) is 10.9 Å². The highest BCUT2D eigenvalue weighted by atomic mass is 16.6. The van der Waals surface area contributed by atoms with Gasteiger partial charge in [-0.1, -0.05) is 5.16 Å². The lowest BCUT2D eigenvalue weighted by atomic mass is 10.1. The molecule has 0 heterocycles. The fourth-order valence-electron chi connectivity index (χ4n) is 1.35. The molecule has 104 valence electrons. The molecule has 0 spiro atoms. The van der Waals surface area contributed by atoms with Crippen molar-refractivity contribution in [1.29, 1.82) is 0 Å². The smallest absolute Gasteiger partial charge is 0.270 e. The molecule has 0 saturated heterocycles. The second-order valence-corrected chi connectivity index (χ2v) is 4.07. The van der Waals surface area contributed by atoms with Crippen molar-refractivity contribution in [3.63, 3.8) is 0 Å². The van der Waals surface area contributed by atoms with Crippen molar-refractivity contribution < 1.29 is 14.9 Å². The molecule has 0 aliphatic rings. The summed E-state index contributed by atoms with van der Waals surface area (Å²) in [5.74, 6) is 0.103. The maximum atomic E-state index is 10.7. The minimum Gasteiger partial charge on any atom is -0.491 e. The first kappa shape index (κ1) is 14.7. The monoisotopic (exact) mass is 268 g/mol. The van der Waals surface area contributed by atoms with Crippen LogP contribution in [0.25, 0.3) is 0 Å². The van der Waals surface area contributed by atoms with Crippen LogP contribution in [0, 0.1) is 10.1 Å². The van der Waals surface area contributed by atoms with Crippen molar-refractivity contribution in [3.05, 3.63) is 33.9 Å². The predicted octanol–water partition coefficient (Wildman–Crippen LogP) is 0.630. The first-order valence-electron chi connectivity index (χ1n) is 5.49. The number of benzene rings is 1. The zero-order valence-corrected chi connectivity index (χ0v) is 10.7. The van der Waals surface area contributed by atoms with Crippen LogP contribution in [-0.2, 0) is 0 Å². The van der Waals surface area contributed by atoms with Gasteiger partial charge in [-0.15, -0.1) is 0 Å². The summed E-state index contributed by atoms with van der Waals surface area (Å²) in [6.45, 7) is 1.06. The van der Waals surface area contributed by atoms with Crippen molar-refractivity contribution >= 4 is 11.5 Å². The molecule has 0 saturated carbocycles. The molecular formula is C11H16N4O4. The summed E-state index contributed by atoms with van der Waals surface area (Å²) < 4.78 is 5.47. The number of nitrogens with two attached hydrogens (primary N) is 1. The van der Waals surface area contributed by atoms with Crippen molar-refractivity contribution in [2.45, 2.75) is 0 Å². The van der Waals surface area contributed by atoms with Gasteiger partial charge in [0.1, 0.15) is 12.4 Å². The van der Waals surface area contributed by atoms with E-state index in [2.05, 4.69) is 5.16 Å². The predicted molar refractivity (Wildman–Crippen MR) is 69.7 cm³/mol. The van der Waals surface area contributed by atoms with E-state index in [1.807, 2.05) is 19.0 Å². The second-order valence-electron chi connectivity index (χ2n) is 4.07. The summed E-state index contributed by atoms with van der Waals surface area (Å²) >= 11 is 0. The lowest BCUT2D eigenvalue weighted by Crippen LogP contribution is -2.21. The molecule has 8 nitrogen and oxygen atoms in total. The highest BCUT2D eigenvalue weighted by Crippen LogP contribution is 2.24. The second kappa shape index (κ2) is 6.55. The van der Waals surface area contributed by atoms with Gasteiger partial charge in [-0.3, -0.25) is 10.1 Å². The number of non-ortho nitro benzene ring substituents is 1. The lowest BCUT2D eigenvalue weighted by molar-refractivity contribution is -0.384. The number of rotatable bonds is 6. The topological polar surface area (TPSA) is 114 Å². The number of oxime groups is 1. The van der Waals surface area contributed by atoms with Crippen LogP contribution in [0.1, 0.15) is 5.56 Å². The average molecular weight is 268 g/mol. The maximum Gasteiger partial charge on any atom is 0.270 e. The Hall–Kier alpha value is -2.35. The molecule has 1 rings (SSSR count).